The molecule has 0 aliphatic heterocycles. The Kier molecular flexibility index (Phi) is 3.55. The molecule has 0 bridgehead atoms. The molecule has 1 aliphatic carbocycles. The molecular weight excluding hydrogens is 250 g/mol. The van der Waals surface area contributed by atoms with Crippen LogP contribution in [0.15, 0.2) is 36.0 Å². The van der Waals surface area contributed by atoms with Crippen LogP contribution in [0.2, 0.25) is 5.02 Å². The normalized spacial score (nSPS) is 18.8. The lowest BCUT2D eigenvalue weighted by Gasteiger charge is -2.30. The molecule has 0 fully saturated rings. The maximum atomic E-state index is 5.86. The number of hydrogen-bond donors (Lipinski definition) is 1. The molecule has 0 aromatic heterocycles. The highest BCUT2D eigenvalue weighted by molar-refractivity contribution is 7.80. The van der Waals surface area contributed by atoms with E-state index in [0.717, 1.165) is 28.4 Å². The van der Waals surface area contributed by atoms with E-state index in [-0.39, 0.29) is 5.41 Å². The summed E-state index contributed by atoms with van der Waals surface area (Å²) in [5.41, 5.74) is 2.50. The zero-order chi connectivity index (χ0) is 12.5. The van der Waals surface area contributed by atoms with Gasteiger partial charge in [0.25, 0.3) is 0 Å². The third kappa shape index (κ3) is 3.55. The van der Waals surface area contributed by atoms with E-state index in [1.54, 1.807) is 0 Å². The van der Waals surface area contributed by atoms with Crippen molar-refractivity contribution in [3.8, 4) is 0 Å². The molecular formula is C14H16ClNS. The molecule has 17 heavy (non-hydrogen) atoms. The van der Waals surface area contributed by atoms with Gasteiger partial charge in [-0.25, -0.2) is 0 Å². The number of allylic oxidation sites excluding steroid dienone is 2. The lowest BCUT2D eigenvalue weighted by Crippen LogP contribution is -2.23. The van der Waals surface area contributed by atoms with E-state index in [2.05, 4.69) is 25.2 Å². The molecule has 0 atom stereocenters. The molecule has 1 aromatic rings. The number of rotatable bonds is 2. The number of halogens is 1. The van der Waals surface area contributed by atoms with Gasteiger partial charge in [-0.05, 0) is 48.6 Å². The van der Waals surface area contributed by atoms with Crippen molar-refractivity contribution < 1.29 is 0 Å². The fourth-order valence-corrected chi connectivity index (χ4v) is 2.80. The summed E-state index contributed by atoms with van der Waals surface area (Å²) in [6.07, 6.45) is 4.10. The number of benzene rings is 1. The highest BCUT2D eigenvalue weighted by Crippen LogP contribution is 2.34. The van der Waals surface area contributed by atoms with E-state index >= 15 is 0 Å². The molecule has 0 heterocycles. The molecule has 1 N–H and O–H groups in total. The quantitative estimate of drug-likeness (QED) is 0.769. The molecule has 0 radical (unpaired) electrons. The first-order valence-electron chi connectivity index (χ1n) is 5.71. The van der Waals surface area contributed by atoms with Crippen LogP contribution >= 0.6 is 23.8 Å². The smallest absolute Gasteiger partial charge is 0.0407 e. The summed E-state index contributed by atoms with van der Waals surface area (Å²) in [5, 5.41) is 4.16. The highest BCUT2D eigenvalue weighted by atomic mass is 35.5. The predicted molar refractivity (Wildman–Crippen MR) is 78.8 cm³/mol. The van der Waals surface area contributed by atoms with E-state index in [1.165, 1.54) is 5.70 Å². The summed E-state index contributed by atoms with van der Waals surface area (Å²) < 4.78 is 0. The van der Waals surface area contributed by atoms with Crippen molar-refractivity contribution in [3.05, 3.63) is 41.1 Å². The maximum absolute atomic E-state index is 5.86. The topological polar surface area (TPSA) is 12.0 Å². The third-order valence-corrected chi connectivity index (χ3v) is 3.32. The fourth-order valence-electron chi connectivity index (χ4n) is 2.15. The van der Waals surface area contributed by atoms with Gasteiger partial charge in [-0.15, -0.1) is 0 Å². The highest BCUT2D eigenvalue weighted by Gasteiger charge is 2.25. The van der Waals surface area contributed by atoms with Gasteiger partial charge in [0.05, 0.1) is 0 Å². The zero-order valence-corrected chi connectivity index (χ0v) is 11.7. The number of nitrogens with one attached hydrogen (secondary N) is 1. The Hall–Kier alpha value is -0.860. The lowest BCUT2D eigenvalue weighted by molar-refractivity contribution is 0.376. The molecule has 1 nitrogen and oxygen atoms in total. The minimum absolute atomic E-state index is 0.251. The minimum atomic E-state index is 0.251. The molecule has 0 unspecified atom stereocenters. The molecule has 2 rings (SSSR count). The predicted octanol–water partition coefficient (Wildman–Crippen LogP) is 4.83. The van der Waals surface area contributed by atoms with Crippen LogP contribution in [0.5, 0.6) is 0 Å². The number of thiocarbonyl (C=S) groups is 1. The van der Waals surface area contributed by atoms with Crippen molar-refractivity contribution in [3.63, 3.8) is 0 Å². The fraction of sp³-hybridized carbons (Fsp3) is 0.357. The molecule has 1 aliphatic rings. The summed E-state index contributed by atoms with van der Waals surface area (Å²) in [6.45, 7) is 4.49. The first-order valence-corrected chi connectivity index (χ1v) is 6.49. The van der Waals surface area contributed by atoms with Gasteiger partial charge < -0.3 is 5.32 Å². The van der Waals surface area contributed by atoms with Crippen molar-refractivity contribution in [2.75, 3.05) is 5.32 Å². The van der Waals surface area contributed by atoms with Crippen LogP contribution in [0.4, 0.5) is 5.69 Å². The Morgan fingerprint density at radius 1 is 1.18 bits per heavy atom. The second-order valence-corrected chi connectivity index (χ2v) is 6.25. The Balaban J connectivity index is 2.13. The summed E-state index contributed by atoms with van der Waals surface area (Å²) in [4.78, 5) is 1.03. The average molecular weight is 266 g/mol. The van der Waals surface area contributed by atoms with Crippen LogP contribution < -0.4 is 5.32 Å². The van der Waals surface area contributed by atoms with Crippen LogP contribution in [-0.2, 0) is 0 Å². The molecule has 1 aromatic carbocycles. The van der Waals surface area contributed by atoms with Crippen molar-refractivity contribution >= 4 is 34.4 Å². The van der Waals surface area contributed by atoms with Crippen LogP contribution in [0.25, 0.3) is 0 Å². The molecule has 3 heteroatoms. The second-order valence-electron chi connectivity index (χ2n) is 5.29. The van der Waals surface area contributed by atoms with E-state index in [0.29, 0.717) is 0 Å². The van der Waals surface area contributed by atoms with E-state index in [4.69, 9.17) is 23.8 Å². The Bertz CT molecular complexity index is 460. The standard InChI is InChI=1S/C14H16ClNS/c1-14(2)8-12(7-13(17)9-14)16-11-5-3-10(15)4-6-11/h3-7,16H,8-9H2,1-2H3. The zero-order valence-electron chi connectivity index (χ0n) is 10.1. The van der Waals surface area contributed by atoms with E-state index in [9.17, 15) is 0 Å². The third-order valence-electron chi connectivity index (χ3n) is 2.81. The van der Waals surface area contributed by atoms with Gasteiger partial charge in [0.1, 0.15) is 0 Å². The first-order chi connectivity index (χ1) is 7.94. The number of anilines is 1. The second kappa shape index (κ2) is 4.79. The van der Waals surface area contributed by atoms with Gasteiger partial charge in [-0.2, -0.15) is 0 Å². The first kappa shape index (κ1) is 12.6. The van der Waals surface area contributed by atoms with Crippen molar-refractivity contribution in [1.29, 1.82) is 0 Å². The minimum Gasteiger partial charge on any atom is -0.359 e. The van der Waals surface area contributed by atoms with Crippen molar-refractivity contribution in [2.24, 2.45) is 5.41 Å². The number of hydrogen-bond acceptors (Lipinski definition) is 2. The maximum Gasteiger partial charge on any atom is 0.0407 e. The SMILES string of the molecule is CC1(C)CC(=S)C=C(Nc2ccc(Cl)cc2)C1. The summed E-state index contributed by atoms with van der Waals surface area (Å²) >= 11 is 11.2. The Morgan fingerprint density at radius 3 is 2.41 bits per heavy atom. The molecule has 90 valence electrons. The van der Waals surface area contributed by atoms with Gasteiger partial charge in [-0.3, -0.25) is 0 Å². The summed E-state index contributed by atoms with van der Waals surface area (Å²) in [7, 11) is 0. The lowest BCUT2D eigenvalue weighted by atomic mass is 9.79. The molecule has 0 spiro atoms. The Morgan fingerprint density at radius 2 is 1.82 bits per heavy atom. The van der Waals surface area contributed by atoms with Crippen molar-refractivity contribution in [1.82, 2.24) is 0 Å². The molecule has 0 amide bonds. The van der Waals surface area contributed by atoms with E-state index < -0.39 is 0 Å². The largest absolute Gasteiger partial charge is 0.359 e. The monoisotopic (exact) mass is 265 g/mol. The van der Waals surface area contributed by atoms with E-state index in [1.807, 2.05) is 24.3 Å². The van der Waals surface area contributed by atoms with Crippen LogP contribution in [0.1, 0.15) is 26.7 Å². The molecule has 0 saturated carbocycles. The van der Waals surface area contributed by atoms with Crippen LogP contribution in [0, 0.1) is 5.41 Å². The Labute approximate surface area is 113 Å². The van der Waals surface area contributed by atoms with Gasteiger partial charge in [0.2, 0.25) is 0 Å². The summed E-state index contributed by atoms with van der Waals surface area (Å²) in [6, 6.07) is 7.73. The van der Waals surface area contributed by atoms with Gasteiger partial charge in [-0.1, -0.05) is 37.7 Å². The van der Waals surface area contributed by atoms with Gasteiger partial charge in [0.15, 0.2) is 0 Å². The molecule has 0 saturated heterocycles. The van der Waals surface area contributed by atoms with Gasteiger partial charge >= 0.3 is 0 Å². The van der Waals surface area contributed by atoms with Gasteiger partial charge in [0, 0.05) is 21.3 Å². The summed E-state index contributed by atoms with van der Waals surface area (Å²) in [5.74, 6) is 0. The van der Waals surface area contributed by atoms with Crippen LogP contribution in [-0.4, -0.2) is 4.86 Å². The average Bonchev–Trinajstić information content (AvgIpc) is 2.18. The van der Waals surface area contributed by atoms with Crippen molar-refractivity contribution in [2.45, 2.75) is 26.7 Å². The van der Waals surface area contributed by atoms with Crippen LogP contribution in [0.3, 0.4) is 0 Å².